The number of carbonyl (C=O) groups excluding carboxylic acids is 4. The Morgan fingerprint density at radius 2 is 0.968 bits per heavy atom. The Kier molecular flexibility index (Phi) is 23.1. The number of aliphatic imine (C=N–C) groups is 2. The fourth-order valence-corrected chi connectivity index (χ4v) is 6.69. The molecule has 18 N–H and O–H groups in total. The van der Waals surface area contributed by atoms with Gasteiger partial charge in [-0.3, -0.25) is 19.2 Å². The minimum atomic E-state index is -1.67. The minimum absolute atomic E-state index is 0.293. The topological polar surface area (TPSA) is 438 Å². The molecule has 0 aromatic heterocycles. The number of unbranched alkanes of at least 4 members (excludes halogenated alkanes) is 6. The van der Waals surface area contributed by atoms with Crippen molar-refractivity contribution in [1.82, 2.24) is 21.3 Å². The highest BCUT2D eigenvalue weighted by atomic mass is 16.6. The van der Waals surface area contributed by atoms with E-state index in [0.29, 0.717) is 25.9 Å². The van der Waals surface area contributed by atoms with Crippen LogP contribution in [0, 0.1) is 0 Å². The standard InChI is InChI=1S/C37H62N10O16/c1-18(50)44-28-20(46-36(38)39)12-24(34(56)57)62-32(28)30(22(52)14-48)60-16-26(54)42-10-8-6-4-3-5-7-9-11-43-27(55)17-61-31(23(53)15-49)33-29(45-19(2)51)21(47-37(40)41)13-25(63-33)35(58)59/h12-13,20-23,28-33,48-49,52-53H,3-11,14-17H2,1-2H3,(H,42,54)(H,43,55)(H,44,50)(H,45,51)(H,56,57)(H,58,59)(H4,38,39,46)(H4,40,41,47)/t20-,21-,22+,23+,28+,29+,30+,31+,32+,33+/m0/s1. The number of rotatable bonds is 28. The van der Waals surface area contributed by atoms with Gasteiger partial charge in [0.05, 0.1) is 37.4 Å². The maximum atomic E-state index is 12.6. The number of nitrogens with two attached hydrogens (primary N) is 4. The highest BCUT2D eigenvalue weighted by Crippen LogP contribution is 2.28. The number of ether oxygens (including phenoxy) is 4. The first-order chi connectivity index (χ1) is 29.8. The molecule has 0 aliphatic carbocycles. The first-order valence-electron chi connectivity index (χ1n) is 20.1. The SMILES string of the molecule is CC(=O)N[C@H]1[C@H]([C@H](OCC(=O)NCCCCCCCCCNC(=O)CO[C@@H]([C@@H]2OC(C(=O)O)=C[C@H](N=C(N)N)[C@H]2NC(C)=O)[C@H](O)CO)[C@H](O)CO)OC(C(=O)O)=C[C@@H]1N=C(N)N. The van der Waals surface area contributed by atoms with Crippen LogP contribution < -0.4 is 44.2 Å². The maximum absolute atomic E-state index is 12.6. The summed E-state index contributed by atoms with van der Waals surface area (Å²) in [5.74, 6) is -7.35. The minimum Gasteiger partial charge on any atom is -0.478 e. The summed E-state index contributed by atoms with van der Waals surface area (Å²) in [5, 5.41) is 70.2. The molecule has 26 heteroatoms. The lowest BCUT2D eigenvalue weighted by Crippen LogP contribution is -2.60. The zero-order valence-electron chi connectivity index (χ0n) is 35.1. The van der Waals surface area contributed by atoms with Crippen LogP contribution in [0.25, 0.3) is 0 Å². The number of hydrogen-bond acceptors (Lipinski definition) is 16. The van der Waals surface area contributed by atoms with Gasteiger partial charge in [0.2, 0.25) is 35.1 Å². The average molecular weight is 903 g/mol. The molecule has 0 spiro atoms. The van der Waals surface area contributed by atoms with E-state index in [1.54, 1.807) is 0 Å². The third-order valence-electron chi connectivity index (χ3n) is 9.46. The van der Waals surface area contributed by atoms with Crippen molar-refractivity contribution in [2.24, 2.45) is 32.9 Å². The fraction of sp³-hybridized carbons (Fsp3) is 0.676. The van der Waals surface area contributed by atoms with E-state index in [4.69, 9.17) is 41.9 Å². The molecule has 2 aliphatic heterocycles. The average Bonchev–Trinajstić information content (AvgIpc) is 3.20. The molecule has 0 bridgehead atoms. The second-order valence-corrected chi connectivity index (χ2v) is 14.6. The highest BCUT2D eigenvalue weighted by molar-refractivity contribution is 5.86. The van der Waals surface area contributed by atoms with E-state index in [2.05, 4.69) is 31.3 Å². The van der Waals surface area contributed by atoms with Crippen LogP contribution in [0.5, 0.6) is 0 Å². The van der Waals surface area contributed by atoms with Crippen molar-refractivity contribution in [2.45, 2.75) is 120 Å². The molecule has 0 unspecified atom stereocenters. The van der Waals surface area contributed by atoms with E-state index in [9.17, 15) is 59.4 Å². The Balaban J connectivity index is 1.77. The van der Waals surface area contributed by atoms with Crippen LogP contribution >= 0.6 is 0 Å². The molecule has 4 amide bonds. The molecule has 26 nitrogen and oxygen atoms in total. The van der Waals surface area contributed by atoms with Crippen molar-refractivity contribution >= 4 is 47.5 Å². The summed E-state index contributed by atoms with van der Waals surface area (Å²) in [6, 6.07) is -4.63. The van der Waals surface area contributed by atoms with E-state index in [-0.39, 0.29) is 0 Å². The number of aliphatic hydroxyl groups is 4. The smallest absolute Gasteiger partial charge is 0.370 e. The van der Waals surface area contributed by atoms with Gasteiger partial charge >= 0.3 is 11.9 Å². The zero-order valence-corrected chi connectivity index (χ0v) is 35.1. The van der Waals surface area contributed by atoms with Gasteiger partial charge in [-0.15, -0.1) is 0 Å². The van der Waals surface area contributed by atoms with Crippen molar-refractivity contribution in [3.05, 3.63) is 23.7 Å². The number of carboxylic acids is 2. The molecule has 63 heavy (non-hydrogen) atoms. The van der Waals surface area contributed by atoms with E-state index >= 15 is 0 Å². The van der Waals surface area contributed by atoms with E-state index < -0.39 is 146 Å². The van der Waals surface area contributed by atoms with Crippen LogP contribution in [0.3, 0.4) is 0 Å². The second-order valence-electron chi connectivity index (χ2n) is 14.6. The van der Waals surface area contributed by atoms with Crippen LogP contribution in [0.2, 0.25) is 0 Å². The normalized spacial score (nSPS) is 22.4. The van der Waals surface area contributed by atoms with Crippen molar-refractivity contribution in [3.63, 3.8) is 0 Å². The number of guanidine groups is 2. The molecule has 0 aromatic carbocycles. The van der Waals surface area contributed by atoms with Crippen molar-refractivity contribution < 1.29 is 78.4 Å². The number of nitrogens with zero attached hydrogens (tertiary/aromatic N) is 2. The molecule has 10 atom stereocenters. The fourth-order valence-electron chi connectivity index (χ4n) is 6.69. The molecule has 2 aliphatic rings. The summed E-state index contributed by atoms with van der Waals surface area (Å²) in [7, 11) is 0. The van der Waals surface area contributed by atoms with Crippen LogP contribution in [0.15, 0.2) is 33.7 Å². The summed E-state index contributed by atoms with van der Waals surface area (Å²) < 4.78 is 22.3. The van der Waals surface area contributed by atoms with Crippen molar-refractivity contribution in [3.8, 4) is 0 Å². The second kappa shape index (κ2) is 27.3. The molecule has 356 valence electrons. The summed E-state index contributed by atoms with van der Waals surface area (Å²) >= 11 is 0. The lowest BCUT2D eigenvalue weighted by atomic mass is 9.92. The van der Waals surface area contributed by atoms with E-state index in [1.165, 1.54) is 13.8 Å². The Labute approximate surface area is 362 Å². The Bertz CT molecular complexity index is 1550. The maximum Gasteiger partial charge on any atom is 0.370 e. The van der Waals surface area contributed by atoms with Gasteiger partial charge in [0.25, 0.3) is 0 Å². The predicted octanol–water partition coefficient (Wildman–Crippen LogP) is -5.55. The van der Waals surface area contributed by atoms with Gasteiger partial charge < -0.3 is 93.8 Å². The lowest BCUT2D eigenvalue weighted by molar-refractivity contribution is -0.158. The summed E-state index contributed by atoms with van der Waals surface area (Å²) in [5.41, 5.74) is 22.0. The van der Waals surface area contributed by atoms with Gasteiger partial charge in [0.15, 0.2) is 24.1 Å². The molecule has 0 radical (unpaired) electrons. The van der Waals surface area contributed by atoms with Gasteiger partial charge in [-0.1, -0.05) is 32.1 Å². The van der Waals surface area contributed by atoms with Crippen LogP contribution in [-0.2, 0) is 47.7 Å². The number of aliphatic carboxylic acids is 2. The molecule has 0 saturated heterocycles. The summed E-state index contributed by atoms with van der Waals surface area (Å²) in [4.78, 5) is 80.7. The Morgan fingerprint density at radius 1 is 0.635 bits per heavy atom. The quantitative estimate of drug-likeness (QED) is 0.0198. The Hall–Kier alpha value is -5.80. The third kappa shape index (κ3) is 18.6. The van der Waals surface area contributed by atoms with Gasteiger partial charge in [-0.2, -0.15) is 0 Å². The van der Waals surface area contributed by atoms with E-state index in [1.807, 2.05) is 0 Å². The van der Waals surface area contributed by atoms with Gasteiger partial charge in [0, 0.05) is 26.9 Å². The molecule has 0 aromatic rings. The van der Waals surface area contributed by atoms with Crippen molar-refractivity contribution in [1.29, 1.82) is 0 Å². The van der Waals surface area contributed by atoms with Gasteiger partial charge in [-0.25, -0.2) is 19.6 Å². The monoisotopic (exact) mass is 902 g/mol. The number of carbonyl (C=O) groups is 6. The van der Waals surface area contributed by atoms with Gasteiger partial charge in [0.1, 0.15) is 37.6 Å². The lowest BCUT2D eigenvalue weighted by Gasteiger charge is -2.40. The summed E-state index contributed by atoms with van der Waals surface area (Å²) in [6.07, 6.45) is -1.76. The molecule has 2 rings (SSSR count). The van der Waals surface area contributed by atoms with E-state index in [0.717, 1.165) is 44.3 Å². The van der Waals surface area contributed by atoms with Crippen LogP contribution in [0.4, 0.5) is 0 Å². The molecule has 0 saturated carbocycles. The number of nitrogens with one attached hydrogen (secondary N) is 4. The van der Waals surface area contributed by atoms with Gasteiger partial charge in [-0.05, 0) is 25.0 Å². The predicted molar refractivity (Wildman–Crippen MR) is 220 cm³/mol. The number of aliphatic hydroxyl groups excluding tert-OH is 4. The first-order valence-corrected chi connectivity index (χ1v) is 20.1. The largest absolute Gasteiger partial charge is 0.478 e. The zero-order chi connectivity index (χ0) is 47.2. The molecule has 2 heterocycles. The highest BCUT2D eigenvalue weighted by Gasteiger charge is 2.47. The summed E-state index contributed by atoms with van der Waals surface area (Å²) in [6.45, 7) is 0.00513. The number of amides is 4. The molecular formula is C37H62N10O16. The van der Waals surface area contributed by atoms with Crippen LogP contribution in [-0.4, -0.2) is 178 Å². The Morgan fingerprint density at radius 3 is 1.25 bits per heavy atom. The number of carboxylic acid groups (broad SMARTS) is 2. The van der Waals surface area contributed by atoms with Crippen LogP contribution in [0.1, 0.15) is 58.8 Å². The molecular weight excluding hydrogens is 840 g/mol. The third-order valence-corrected chi connectivity index (χ3v) is 9.46. The van der Waals surface area contributed by atoms with Crippen molar-refractivity contribution in [2.75, 3.05) is 39.5 Å². The first kappa shape index (κ1) is 53.3. The number of hydrogen-bond donors (Lipinski definition) is 14. The molecule has 0 fully saturated rings.